The highest BCUT2D eigenvalue weighted by Gasteiger charge is 2.20. The van der Waals surface area contributed by atoms with Gasteiger partial charge >= 0.3 is 0 Å². The van der Waals surface area contributed by atoms with Crippen molar-refractivity contribution in [2.45, 2.75) is 17.3 Å². The normalized spacial score (nSPS) is 12.1. The molecule has 3 aromatic rings. The van der Waals surface area contributed by atoms with Gasteiger partial charge in [-0.15, -0.1) is 21.5 Å². The number of aromatic nitrogens is 3. The van der Waals surface area contributed by atoms with Crippen LogP contribution in [0.1, 0.15) is 17.3 Å². The summed E-state index contributed by atoms with van der Waals surface area (Å²) in [6, 6.07) is 11.1. The van der Waals surface area contributed by atoms with Crippen molar-refractivity contribution in [2.75, 3.05) is 7.11 Å². The van der Waals surface area contributed by atoms with Crippen LogP contribution in [0.2, 0.25) is 0 Å². The molecule has 0 aliphatic rings. The molecule has 1 unspecified atom stereocenters. The Kier molecular flexibility index (Phi) is 5.01. The van der Waals surface area contributed by atoms with E-state index in [2.05, 4.69) is 10.2 Å². The van der Waals surface area contributed by atoms with Crippen molar-refractivity contribution in [3.63, 3.8) is 0 Å². The number of methoxy groups -OCH3 is 1. The SMILES string of the molecule is COc1ccc(C(=O)C(C)Sc2nnc(-c3cccs3)n2C)cc1. The van der Waals surface area contributed by atoms with Crippen LogP contribution in [-0.2, 0) is 7.05 Å². The molecule has 1 atom stereocenters. The summed E-state index contributed by atoms with van der Waals surface area (Å²) >= 11 is 3.03. The number of Topliss-reactive ketones (excluding diaryl/α,β-unsaturated/α-hetero) is 1. The highest BCUT2D eigenvalue weighted by atomic mass is 32.2. The molecular formula is C17H17N3O2S2. The van der Waals surface area contributed by atoms with Crippen LogP contribution in [-0.4, -0.2) is 32.9 Å². The largest absolute Gasteiger partial charge is 0.497 e. The molecule has 2 heterocycles. The first-order valence-electron chi connectivity index (χ1n) is 7.38. The van der Waals surface area contributed by atoms with Crippen LogP contribution in [0.4, 0.5) is 0 Å². The smallest absolute Gasteiger partial charge is 0.191 e. The van der Waals surface area contributed by atoms with Crippen molar-refractivity contribution in [3.8, 4) is 16.5 Å². The topological polar surface area (TPSA) is 57.0 Å². The average molecular weight is 359 g/mol. The molecule has 24 heavy (non-hydrogen) atoms. The van der Waals surface area contributed by atoms with Gasteiger partial charge < -0.3 is 9.30 Å². The van der Waals surface area contributed by atoms with Crippen LogP contribution >= 0.6 is 23.1 Å². The first-order valence-corrected chi connectivity index (χ1v) is 9.14. The van der Waals surface area contributed by atoms with E-state index in [0.717, 1.165) is 21.6 Å². The number of carbonyl (C=O) groups excluding carboxylic acids is 1. The van der Waals surface area contributed by atoms with Crippen LogP contribution < -0.4 is 4.74 Å². The standard InChI is InChI=1S/C17H17N3O2S2/c1-11(15(21)12-6-8-13(22-3)9-7-12)24-17-19-18-16(20(17)2)14-5-4-10-23-14/h4-11H,1-3H3. The van der Waals surface area contributed by atoms with Gasteiger partial charge in [0.1, 0.15) is 5.75 Å². The third-order valence-electron chi connectivity index (χ3n) is 3.60. The summed E-state index contributed by atoms with van der Waals surface area (Å²) in [6.07, 6.45) is 0. The van der Waals surface area contributed by atoms with E-state index in [1.807, 2.05) is 36.1 Å². The highest BCUT2D eigenvalue weighted by Crippen LogP contribution is 2.29. The van der Waals surface area contributed by atoms with Crippen LogP contribution in [0.25, 0.3) is 10.7 Å². The molecule has 0 aliphatic carbocycles. The minimum atomic E-state index is -0.252. The molecule has 0 bridgehead atoms. The van der Waals surface area contributed by atoms with Gasteiger partial charge in [-0.3, -0.25) is 4.79 Å². The van der Waals surface area contributed by atoms with Gasteiger partial charge in [-0.05, 0) is 42.6 Å². The van der Waals surface area contributed by atoms with Crippen molar-refractivity contribution in [3.05, 3.63) is 47.3 Å². The number of benzene rings is 1. The van der Waals surface area contributed by atoms with Gasteiger partial charge in [0.2, 0.25) is 0 Å². The maximum atomic E-state index is 12.6. The molecule has 2 aromatic heterocycles. The van der Waals surface area contributed by atoms with Gasteiger partial charge in [0.15, 0.2) is 16.8 Å². The molecule has 3 rings (SSSR count). The Morgan fingerprint density at radius 3 is 2.62 bits per heavy atom. The Morgan fingerprint density at radius 2 is 2.00 bits per heavy atom. The number of thiophene rings is 1. The number of carbonyl (C=O) groups is 1. The molecule has 1 aromatic carbocycles. The Labute approximate surface area is 148 Å². The van der Waals surface area contributed by atoms with E-state index in [1.54, 1.807) is 42.7 Å². The van der Waals surface area contributed by atoms with Crippen molar-refractivity contribution in [1.82, 2.24) is 14.8 Å². The molecule has 0 saturated heterocycles. The second kappa shape index (κ2) is 7.19. The van der Waals surface area contributed by atoms with Crippen LogP contribution in [0.5, 0.6) is 5.75 Å². The summed E-state index contributed by atoms with van der Waals surface area (Å²) in [6.45, 7) is 1.89. The minimum Gasteiger partial charge on any atom is -0.497 e. The lowest BCUT2D eigenvalue weighted by Gasteiger charge is -2.10. The van der Waals surface area contributed by atoms with Crippen LogP contribution in [0.3, 0.4) is 0 Å². The Bertz CT molecular complexity index is 826. The van der Waals surface area contributed by atoms with E-state index in [1.165, 1.54) is 11.8 Å². The number of ether oxygens (including phenoxy) is 1. The molecule has 0 amide bonds. The summed E-state index contributed by atoms with van der Waals surface area (Å²) < 4.78 is 7.05. The molecule has 0 aliphatic heterocycles. The second-order valence-electron chi connectivity index (χ2n) is 5.20. The Morgan fingerprint density at radius 1 is 1.25 bits per heavy atom. The quantitative estimate of drug-likeness (QED) is 0.493. The van der Waals surface area contributed by atoms with Gasteiger partial charge in [-0.25, -0.2) is 0 Å². The first-order chi connectivity index (χ1) is 11.6. The molecule has 7 heteroatoms. The summed E-state index contributed by atoms with van der Waals surface area (Å²) in [4.78, 5) is 13.6. The average Bonchev–Trinajstić information content (AvgIpc) is 3.25. The van der Waals surface area contributed by atoms with E-state index >= 15 is 0 Å². The maximum absolute atomic E-state index is 12.6. The van der Waals surface area contributed by atoms with E-state index in [9.17, 15) is 4.79 Å². The molecule has 0 fully saturated rings. The summed E-state index contributed by atoms with van der Waals surface area (Å²) in [5, 5.41) is 10.9. The number of thioether (sulfide) groups is 1. The van der Waals surface area contributed by atoms with E-state index in [4.69, 9.17) is 4.74 Å². The van der Waals surface area contributed by atoms with Crippen molar-refractivity contribution in [1.29, 1.82) is 0 Å². The number of hydrogen-bond acceptors (Lipinski definition) is 6. The third-order valence-corrected chi connectivity index (χ3v) is 5.60. The Hall–Kier alpha value is -2.12. The summed E-state index contributed by atoms with van der Waals surface area (Å²) in [7, 11) is 3.52. The predicted molar refractivity (Wildman–Crippen MR) is 97.0 cm³/mol. The van der Waals surface area contributed by atoms with Gasteiger partial charge in [-0.1, -0.05) is 17.8 Å². The fourth-order valence-electron chi connectivity index (χ4n) is 2.24. The van der Waals surface area contributed by atoms with Gasteiger partial charge in [0.25, 0.3) is 0 Å². The lowest BCUT2D eigenvalue weighted by molar-refractivity contribution is 0.0994. The van der Waals surface area contributed by atoms with Crippen molar-refractivity contribution >= 4 is 28.9 Å². The number of ketones is 1. The Balaban J connectivity index is 1.74. The van der Waals surface area contributed by atoms with Gasteiger partial charge in [0.05, 0.1) is 17.2 Å². The molecule has 0 saturated carbocycles. The zero-order chi connectivity index (χ0) is 17.1. The minimum absolute atomic E-state index is 0.0586. The number of nitrogens with zero attached hydrogens (tertiary/aromatic N) is 3. The number of rotatable bonds is 6. The lowest BCUT2D eigenvalue weighted by atomic mass is 10.1. The van der Waals surface area contributed by atoms with E-state index in [0.29, 0.717) is 5.56 Å². The van der Waals surface area contributed by atoms with Crippen LogP contribution in [0, 0.1) is 0 Å². The fraction of sp³-hybridized carbons (Fsp3) is 0.235. The molecule has 124 valence electrons. The highest BCUT2D eigenvalue weighted by molar-refractivity contribution is 8.00. The van der Waals surface area contributed by atoms with Crippen LogP contribution in [0.15, 0.2) is 46.9 Å². The molecular weight excluding hydrogens is 342 g/mol. The molecule has 0 radical (unpaired) electrons. The molecule has 5 nitrogen and oxygen atoms in total. The predicted octanol–water partition coefficient (Wildman–Crippen LogP) is 3.92. The summed E-state index contributed by atoms with van der Waals surface area (Å²) in [5.41, 5.74) is 0.663. The van der Waals surface area contributed by atoms with Crippen molar-refractivity contribution in [2.24, 2.45) is 7.05 Å². The first kappa shape index (κ1) is 16.7. The zero-order valence-electron chi connectivity index (χ0n) is 13.6. The zero-order valence-corrected chi connectivity index (χ0v) is 15.2. The third kappa shape index (κ3) is 3.37. The maximum Gasteiger partial charge on any atom is 0.191 e. The number of hydrogen-bond donors (Lipinski definition) is 0. The van der Waals surface area contributed by atoms with Gasteiger partial charge in [0, 0.05) is 12.6 Å². The second-order valence-corrected chi connectivity index (χ2v) is 7.45. The molecule has 0 N–H and O–H groups in total. The fourth-order valence-corrected chi connectivity index (χ4v) is 3.88. The van der Waals surface area contributed by atoms with E-state index < -0.39 is 0 Å². The summed E-state index contributed by atoms with van der Waals surface area (Å²) in [5.74, 6) is 1.61. The van der Waals surface area contributed by atoms with Gasteiger partial charge in [-0.2, -0.15) is 0 Å². The molecule has 0 spiro atoms. The van der Waals surface area contributed by atoms with Crippen molar-refractivity contribution < 1.29 is 9.53 Å². The van der Waals surface area contributed by atoms with E-state index in [-0.39, 0.29) is 11.0 Å². The monoisotopic (exact) mass is 359 g/mol. The lowest BCUT2D eigenvalue weighted by Crippen LogP contribution is -2.14.